The van der Waals surface area contributed by atoms with Crippen LogP contribution in [0.25, 0.3) is 0 Å². The molecule has 2 atom stereocenters. The van der Waals surface area contributed by atoms with E-state index in [1.54, 1.807) is 0 Å². The number of rotatable bonds is 3. The van der Waals surface area contributed by atoms with Crippen LogP contribution in [0.4, 0.5) is 4.79 Å². The van der Waals surface area contributed by atoms with Crippen LogP contribution < -0.4 is 5.73 Å². The molecule has 0 aliphatic carbocycles. The lowest BCUT2D eigenvalue weighted by Crippen LogP contribution is -2.50. The Balaban J connectivity index is 1.89. The number of nitrogens with zero attached hydrogens (tertiary/aromatic N) is 1. The van der Waals surface area contributed by atoms with Crippen LogP contribution in [0.5, 0.6) is 0 Å². The topological polar surface area (TPSA) is 55.6 Å². The predicted molar refractivity (Wildman–Crippen MR) is 88.7 cm³/mol. The van der Waals surface area contributed by atoms with E-state index < -0.39 is 5.60 Å². The van der Waals surface area contributed by atoms with Gasteiger partial charge < -0.3 is 15.4 Å². The van der Waals surface area contributed by atoms with E-state index in [2.05, 4.69) is 24.3 Å². The number of aryl methyl sites for hydroxylation is 1. The Hall–Kier alpha value is -1.55. The second-order valence-electron chi connectivity index (χ2n) is 7.16. The highest BCUT2D eigenvalue weighted by atomic mass is 16.6. The van der Waals surface area contributed by atoms with Crippen LogP contribution in [-0.4, -0.2) is 35.7 Å². The summed E-state index contributed by atoms with van der Waals surface area (Å²) in [6.45, 7) is 7.08. The van der Waals surface area contributed by atoms with E-state index >= 15 is 0 Å². The summed E-state index contributed by atoms with van der Waals surface area (Å²) in [5, 5.41) is 0. The molecule has 1 saturated heterocycles. The average Bonchev–Trinajstić information content (AvgIpc) is 2.45. The van der Waals surface area contributed by atoms with Gasteiger partial charge in [0, 0.05) is 19.1 Å². The zero-order chi connectivity index (χ0) is 16.2. The minimum atomic E-state index is -0.448. The molecule has 1 amide bonds. The third-order valence-corrected chi connectivity index (χ3v) is 4.09. The van der Waals surface area contributed by atoms with E-state index in [0.717, 1.165) is 19.3 Å². The van der Waals surface area contributed by atoms with Crippen molar-refractivity contribution in [2.75, 3.05) is 13.1 Å². The van der Waals surface area contributed by atoms with Crippen molar-refractivity contribution in [3.8, 4) is 0 Å². The van der Waals surface area contributed by atoms with Crippen LogP contribution in [0, 0.1) is 5.92 Å². The van der Waals surface area contributed by atoms with Gasteiger partial charge in [-0.15, -0.1) is 0 Å². The maximum Gasteiger partial charge on any atom is 0.410 e. The zero-order valence-electron chi connectivity index (χ0n) is 13.9. The third kappa shape index (κ3) is 5.02. The Kier molecular flexibility index (Phi) is 5.46. The standard InChI is InChI=1S/C18H28N2O2/c1-18(2,3)22-17(21)20-12-11-16(19)15(13-20)10-9-14-7-5-4-6-8-14/h4-8,15-16H,9-13,19H2,1-3H3/t15-,16+/m0/s1. The number of ether oxygens (including phenoxy) is 1. The van der Waals surface area contributed by atoms with Gasteiger partial charge in [0.05, 0.1) is 0 Å². The molecule has 4 heteroatoms. The first-order valence-electron chi connectivity index (χ1n) is 8.12. The van der Waals surface area contributed by atoms with Crippen LogP contribution in [0.2, 0.25) is 0 Å². The van der Waals surface area contributed by atoms with Crippen LogP contribution in [0.1, 0.15) is 39.2 Å². The summed E-state index contributed by atoms with van der Waals surface area (Å²) < 4.78 is 5.47. The average molecular weight is 304 g/mol. The molecule has 2 N–H and O–H groups in total. The lowest BCUT2D eigenvalue weighted by molar-refractivity contribution is 0.0143. The molecule has 0 bridgehead atoms. The number of benzene rings is 1. The first kappa shape index (κ1) is 16.8. The van der Waals surface area contributed by atoms with Crippen molar-refractivity contribution in [2.24, 2.45) is 11.7 Å². The van der Waals surface area contributed by atoms with E-state index in [0.29, 0.717) is 19.0 Å². The lowest BCUT2D eigenvalue weighted by atomic mass is 9.88. The number of carbonyl (C=O) groups excluding carboxylic acids is 1. The van der Waals surface area contributed by atoms with Gasteiger partial charge >= 0.3 is 6.09 Å². The molecule has 1 heterocycles. The fraction of sp³-hybridized carbons (Fsp3) is 0.611. The summed E-state index contributed by atoms with van der Waals surface area (Å²) in [4.78, 5) is 14.0. The second-order valence-corrected chi connectivity index (χ2v) is 7.16. The van der Waals surface area contributed by atoms with Crippen molar-refractivity contribution >= 4 is 6.09 Å². The highest BCUT2D eigenvalue weighted by Gasteiger charge is 2.31. The van der Waals surface area contributed by atoms with Crippen molar-refractivity contribution in [3.63, 3.8) is 0 Å². The summed E-state index contributed by atoms with van der Waals surface area (Å²) in [5.41, 5.74) is 7.13. The highest BCUT2D eigenvalue weighted by Crippen LogP contribution is 2.22. The van der Waals surface area contributed by atoms with E-state index in [1.807, 2.05) is 31.7 Å². The van der Waals surface area contributed by atoms with Crippen molar-refractivity contribution in [2.45, 2.75) is 51.7 Å². The maximum atomic E-state index is 12.2. The summed E-state index contributed by atoms with van der Waals surface area (Å²) in [6.07, 6.45) is 2.63. The Morgan fingerprint density at radius 1 is 1.32 bits per heavy atom. The SMILES string of the molecule is CC(C)(C)OC(=O)N1CC[C@@H](N)[C@@H](CCc2ccccc2)C1. The zero-order valence-corrected chi connectivity index (χ0v) is 13.9. The van der Waals surface area contributed by atoms with Crippen LogP contribution in [0.15, 0.2) is 30.3 Å². The molecule has 1 aromatic carbocycles. The van der Waals surface area contributed by atoms with E-state index in [4.69, 9.17) is 10.5 Å². The number of hydrogen-bond donors (Lipinski definition) is 1. The summed E-state index contributed by atoms with van der Waals surface area (Å²) in [6, 6.07) is 10.6. The fourth-order valence-corrected chi connectivity index (χ4v) is 2.84. The van der Waals surface area contributed by atoms with Gasteiger partial charge in [0.15, 0.2) is 0 Å². The molecule has 0 radical (unpaired) electrons. The minimum Gasteiger partial charge on any atom is -0.444 e. The van der Waals surface area contributed by atoms with Gasteiger partial charge in [-0.3, -0.25) is 0 Å². The first-order chi connectivity index (χ1) is 10.3. The largest absolute Gasteiger partial charge is 0.444 e. The molecule has 1 aliphatic rings. The summed E-state index contributed by atoms with van der Waals surface area (Å²) in [5.74, 6) is 0.335. The van der Waals surface area contributed by atoms with Crippen molar-refractivity contribution < 1.29 is 9.53 Å². The smallest absolute Gasteiger partial charge is 0.410 e. The molecule has 1 aromatic rings. The van der Waals surface area contributed by atoms with Gasteiger partial charge in [-0.2, -0.15) is 0 Å². The highest BCUT2D eigenvalue weighted by molar-refractivity contribution is 5.68. The van der Waals surface area contributed by atoms with Gasteiger partial charge in [0.2, 0.25) is 0 Å². The predicted octanol–water partition coefficient (Wildman–Crippen LogP) is 3.20. The second kappa shape index (κ2) is 7.14. The molecule has 0 spiro atoms. The fourth-order valence-electron chi connectivity index (χ4n) is 2.84. The molecule has 4 nitrogen and oxygen atoms in total. The van der Waals surface area contributed by atoms with E-state index in [1.165, 1.54) is 5.56 Å². The Morgan fingerprint density at radius 2 is 2.00 bits per heavy atom. The van der Waals surface area contributed by atoms with E-state index in [-0.39, 0.29) is 12.1 Å². The molecule has 1 aliphatic heterocycles. The van der Waals surface area contributed by atoms with Gasteiger partial charge in [0.25, 0.3) is 0 Å². The third-order valence-electron chi connectivity index (χ3n) is 4.09. The summed E-state index contributed by atoms with van der Waals surface area (Å²) >= 11 is 0. The van der Waals surface area contributed by atoms with Crippen LogP contribution in [0.3, 0.4) is 0 Å². The van der Waals surface area contributed by atoms with Crippen molar-refractivity contribution in [1.29, 1.82) is 0 Å². The number of carbonyl (C=O) groups is 1. The Labute approximate surface area is 133 Å². The van der Waals surface area contributed by atoms with Crippen molar-refractivity contribution in [1.82, 2.24) is 4.90 Å². The number of nitrogens with two attached hydrogens (primary N) is 1. The monoisotopic (exact) mass is 304 g/mol. The number of amides is 1. The quantitative estimate of drug-likeness (QED) is 0.933. The van der Waals surface area contributed by atoms with E-state index in [9.17, 15) is 4.79 Å². The van der Waals surface area contributed by atoms with Crippen LogP contribution in [-0.2, 0) is 11.2 Å². The Morgan fingerprint density at radius 3 is 2.64 bits per heavy atom. The lowest BCUT2D eigenvalue weighted by Gasteiger charge is -2.37. The number of likely N-dealkylation sites (tertiary alicyclic amines) is 1. The van der Waals surface area contributed by atoms with Gasteiger partial charge in [-0.05, 0) is 51.5 Å². The molecule has 2 rings (SSSR count). The molecule has 0 saturated carbocycles. The maximum absolute atomic E-state index is 12.2. The minimum absolute atomic E-state index is 0.169. The van der Waals surface area contributed by atoms with Crippen LogP contribution >= 0.6 is 0 Å². The molecule has 122 valence electrons. The van der Waals surface area contributed by atoms with Crippen molar-refractivity contribution in [3.05, 3.63) is 35.9 Å². The molecular formula is C18H28N2O2. The molecule has 0 aromatic heterocycles. The summed E-state index contributed by atoms with van der Waals surface area (Å²) in [7, 11) is 0. The molecule has 1 fully saturated rings. The van der Waals surface area contributed by atoms with Gasteiger partial charge in [0.1, 0.15) is 5.60 Å². The number of hydrogen-bond acceptors (Lipinski definition) is 3. The molecule has 22 heavy (non-hydrogen) atoms. The Bertz CT molecular complexity index is 482. The molecule has 0 unspecified atom stereocenters. The first-order valence-corrected chi connectivity index (χ1v) is 8.12. The van der Waals surface area contributed by atoms with Gasteiger partial charge in [-0.25, -0.2) is 4.79 Å². The van der Waals surface area contributed by atoms with Gasteiger partial charge in [-0.1, -0.05) is 30.3 Å². The molecular weight excluding hydrogens is 276 g/mol. The number of piperidine rings is 1. The normalized spacial score (nSPS) is 22.5.